The Kier molecular flexibility index (Phi) is 5.85. The Bertz CT molecular complexity index is 444. The predicted octanol–water partition coefficient (Wildman–Crippen LogP) is 2.20. The summed E-state index contributed by atoms with van der Waals surface area (Å²) in [5.74, 6) is 0.0998. The predicted molar refractivity (Wildman–Crippen MR) is 74.5 cm³/mol. The molecule has 0 atom stereocenters. The molecular formula is C14H20N2O3. The second-order valence-corrected chi connectivity index (χ2v) is 4.49. The first-order valence-electron chi connectivity index (χ1n) is 6.23. The quantitative estimate of drug-likeness (QED) is 0.605. The molecule has 104 valence electrons. The summed E-state index contributed by atoms with van der Waals surface area (Å²) in [5, 5.41) is 0. The van der Waals surface area contributed by atoms with Gasteiger partial charge in [0.15, 0.2) is 5.78 Å². The smallest absolute Gasteiger partial charge is 0.404 e. The number of benzene rings is 1. The lowest BCUT2D eigenvalue weighted by molar-refractivity contribution is 0.0976. The lowest BCUT2D eigenvalue weighted by Gasteiger charge is -2.13. The highest BCUT2D eigenvalue weighted by Crippen LogP contribution is 2.15. The maximum Gasteiger partial charge on any atom is 0.404 e. The number of carbonyl (C=O) groups is 2. The van der Waals surface area contributed by atoms with Gasteiger partial charge in [0.05, 0.1) is 6.61 Å². The zero-order valence-corrected chi connectivity index (χ0v) is 11.4. The van der Waals surface area contributed by atoms with Gasteiger partial charge in [0.25, 0.3) is 0 Å². The molecule has 19 heavy (non-hydrogen) atoms. The first-order valence-corrected chi connectivity index (χ1v) is 6.23. The van der Waals surface area contributed by atoms with Crippen molar-refractivity contribution in [2.45, 2.75) is 19.3 Å². The standard InChI is InChI=1S/C14H20N2O3/c1-16(2)12-7-5-6-11(10-12)13(17)8-3-4-9-19-14(15)18/h5-7,10H,3-4,8-9H2,1-2H3,(H2,15,18). The third kappa shape index (κ3) is 5.42. The molecule has 1 amide bonds. The van der Waals surface area contributed by atoms with Gasteiger partial charge < -0.3 is 15.4 Å². The number of primary amides is 1. The van der Waals surface area contributed by atoms with Crippen LogP contribution in [-0.4, -0.2) is 32.6 Å². The van der Waals surface area contributed by atoms with Crippen molar-refractivity contribution in [3.63, 3.8) is 0 Å². The molecular weight excluding hydrogens is 244 g/mol. The molecule has 5 nitrogen and oxygen atoms in total. The topological polar surface area (TPSA) is 72.6 Å². The molecule has 1 rings (SSSR count). The van der Waals surface area contributed by atoms with E-state index in [1.54, 1.807) is 0 Å². The molecule has 0 unspecified atom stereocenters. The largest absolute Gasteiger partial charge is 0.450 e. The van der Waals surface area contributed by atoms with Crippen LogP contribution in [0.25, 0.3) is 0 Å². The third-order valence-corrected chi connectivity index (χ3v) is 2.73. The lowest BCUT2D eigenvalue weighted by Crippen LogP contribution is -2.13. The molecule has 0 spiro atoms. The highest BCUT2D eigenvalue weighted by atomic mass is 16.5. The Labute approximate surface area is 113 Å². The summed E-state index contributed by atoms with van der Waals surface area (Å²) in [5.41, 5.74) is 6.55. The van der Waals surface area contributed by atoms with Gasteiger partial charge in [-0.15, -0.1) is 0 Å². The fraction of sp³-hybridized carbons (Fsp3) is 0.429. The number of Topliss-reactive ketones (excluding diaryl/α,β-unsaturated/α-hetero) is 1. The van der Waals surface area contributed by atoms with Gasteiger partial charge >= 0.3 is 6.09 Å². The molecule has 1 aromatic rings. The van der Waals surface area contributed by atoms with Crippen LogP contribution in [0.1, 0.15) is 29.6 Å². The fourth-order valence-electron chi connectivity index (χ4n) is 1.66. The SMILES string of the molecule is CN(C)c1cccc(C(=O)CCCCOC(N)=O)c1. The molecule has 0 aliphatic heterocycles. The maximum absolute atomic E-state index is 12.0. The number of unbranched alkanes of at least 4 members (excludes halogenated alkanes) is 1. The normalized spacial score (nSPS) is 10.0. The van der Waals surface area contributed by atoms with Crippen LogP contribution < -0.4 is 10.6 Å². The zero-order valence-electron chi connectivity index (χ0n) is 11.4. The molecule has 0 fully saturated rings. The summed E-state index contributed by atoms with van der Waals surface area (Å²) in [4.78, 5) is 24.3. The van der Waals surface area contributed by atoms with Gasteiger partial charge in [-0.3, -0.25) is 4.79 Å². The van der Waals surface area contributed by atoms with E-state index in [2.05, 4.69) is 4.74 Å². The zero-order chi connectivity index (χ0) is 14.3. The van der Waals surface area contributed by atoms with Crippen molar-refractivity contribution in [3.05, 3.63) is 29.8 Å². The molecule has 0 aliphatic carbocycles. The minimum Gasteiger partial charge on any atom is -0.450 e. The second-order valence-electron chi connectivity index (χ2n) is 4.49. The maximum atomic E-state index is 12.0. The minimum absolute atomic E-state index is 0.0998. The van der Waals surface area contributed by atoms with Crippen LogP contribution in [0, 0.1) is 0 Å². The van der Waals surface area contributed by atoms with Crippen LogP contribution in [-0.2, 0) is 4.74 Å². The van der Waals surface area contributed by atoms with E-state index in [0.717, 1.165) is 5.69 Å². The van der Waals surface area contributed by atoms with Gasteiger partial charge in [0, 0.05) is 31.8 Å². The molecule has 0 bridgehead atoms. The lowest BCUT2D eigenvalue weighted by atomic mass is 10.0. The summed E-state index contributed by atoms with van der Waals surface area (Å²) in [6.07, 6.45) is 0.990. The van der Waals surface area contributed by atoms with Crippen molar-refractivity contribution >= 4 is 17.6 Å². The van der Waals surface area contributed by atoms with Crippen LogP contribution in [0.15, 0.2) is 24.3 Å². The molecule has 0 saturated carbocycles. The molecule has 1 aromatic carbocycles. The van der Waals surface area contributed by atoms with E-state index < -0.39 is 6.09 Å². The average molecular weight is 264 g/mol. The number of rotatable bonds is 7. The van der Waals surface area contributed by atoms with Gasteiger partial charge in [-0.1, -0.05) is 12.1 Å². The number of nitrogens with two attached hydrogens (primary N) is 1. The van der Waals surface area contributed by atoms with Crippen molar-refractivity contribution < 1.29 is 14.3 Å². The number of ether oxygens (including phenoxy) is 1. The molecule has 0 aromatic heterocycles. The van der Waals surface area contributed by atoms with Crippen molar-refractivity contribution in [3.8, 4) is 0 Å². The van der Waals surface area contributed by atoms with Crippen LogP contribution >= 0.6 is 0 Å². The number of ketones is 1. The summed E-state index contributed by atoms with van der Waals surface area (Å²) in [6, 6.07) is 7.52. The van der Waals surface area contributed by atoms with E-state index in [0.29, 0.717) is 24.8 Å². The molecule has 0 saturated heterocycles. The van der Waals surface area contributed by atoms with E-state index >= 15 is 0 Å². The highest BCUT2D eigenvalue weighted by Gasteiger charge is 2.07. The highest BCUT2D eigenvalue weighted by molar-refractivity contribution is 5.96. The Hall–Kier alpha value is -2.04. The molecule has 0 heterocycles. The van der Waals surface area contributed by atoms with Crippen LogP contribution in [0.5, 0.6) is 0 Å². The Morgan fingerprint density at radius 3 is 2.63 bits per heavy atom. The minimum atomic E-state index is -0.773. The fourth-order valence-corrected chi connectivity index (χ4v) is 1.66. The van der Waals surface area contributed by atoms with Crippen LogP contribution in [0.4, 0.5) is 10.5 Å². The molecule has 5 heteroatoms. The van der Waals surface area contributed by atoms with E-state index in [-0.39, 0.29) is 12.4 Å². The van der Waals surface area contributed by atoms with Crippen molar-refractivity contribution in [2.75, 3.05) is 25.6 Å². The number of anilines is 1. The number of carbonyl (C=O) groups excluding carboxylic acids is 2. The third-order valence-electron chi connectivity index (χ3n) is 2.73. The van der Waals surface area contributed by atoms with E-state index in [4.69, 9.17) is 5.73 Å². The number of nitrogens with zero attached hydrogens (tertiary/aromatic N) is 1. The average Bonchev–Trinajstić information content (AvgIpc) is 2.37. The van der Waals surface area contributed by atoms with Gasteiger partial charge in [-0.25, -0.2) is 4.79 Å². The second kappa shape index (κ2) is 7.41. The van der Waals surface area contributed by atoms with Gasteiger partial charge in [0.1, 0.15) is 0 Å². The molecule has 0 radical (unpaired) electrons. The number of hydrogen-bond donors (Lipinski definition) is 1. The van der Waals surface area contributed by atoms with Gasteiger partial charge in [-0.05, 0) is 25.0 Å². The number of amides is 1. The van der Waals surface area contributed by atoms with Gasteiger partial charge in [-0.2, -0.15) is 0 Å². The molecule has 0 aliphatic rings. The van der Waals surface area contributed by atoms with Crippen LogP contribution in [0.3, 0.4) is 0 Å². The van der Waals surface area contributed by atoms with Gasteiger partial charge in [0.2, 0.25) is 0 Å². The van der Waals surface area contributed by atoms with Crippen molar-refractivity contribution in [1.29, 1.82) is 0 Å². The first-order chi connectivity index (χ1) is 9.00. The summed E-state index contributed by atoms with van der Waals surface area (Å²) in [6.45, 7) is 0.264. The van der Waals surface area contributed by atoms with E-state index in [9.17, 15) is 9.59 Å². The van der Waals surface area contributed by atoms with E-state index in [1.165, 1.54) is 0 Å². The number of hydrogen-bond acceptors (Lipinski definition) is 4. The van der Waals surface area contributed by atoms with Crippen molar-refractivity contribution in [1.82, 2.24) is 0 Å². The molecule has 2 N–H and O–H groups in total. The summed E-state index contributed by atoms with van der Waals surface area (Å²) in [7, 11) is 3.87. The first kappa shape index (κ1) is 15.0. The summed E-state index contributed by atoms with van der Waals surface area (Å²) >= 11 is 0. The Morgan fingerprint density at radius 1 is 1.26 bits per heavy atom. The van der Waals surface area contributed by atoms with Crippen molar-refractivity contribution in [2.24, 2.45) is 5.73 Å². The monoisotopic (exact) mass is 264 g/mol. The summed E-state index contributed by atoms with van der Waals surface area (Å²) < 4.78 is 4.60. The van der Waals surface area contributed by atoms with Crippen LogP contribution in [0.2, 0.25) is 0 Å². The van der Waals surface area contributed by atoms with E-state index in [1.807, 2.05) is 43.3 Å². The Morgan fingerprint density at radius 2 is 2.00 bits per heavy atom. The Balaban J connectivity index is 2.41.